The van der Waals surface area contributed by atoms with E-state index in [1.54, 1.807) is 24.3 Å². The Balaban J connectivity index is 1.62. The summed E-state index contributed by atoms with van der Waals surface area (Å²) in [5.41, 5.74) is 2.38. The molecule has 0 spiro atoms. The van der Waals surface area contributed by atoms with Gasteiger partial charge >= 0.3 is 5.97 Å². The Morgan fingerprint density at radius 1 is 1.17 bits per heavy atom. The lowest BCUT2D eigenvalue weighted by Crippen LogP contribution is -2.27. The molecule has 2 aromatic rings. The van der Waals surface area contributed by atoms with Gasteiger partial charge in [-0.3, -0.25) is 4.79 Å². The van der Waals surface area contributed by atoms with E-state index in [0.29, 0.717) is 30.4 Å². The Kier molecular flexibility index (Phi) is 4.60. The Labute approximate surface area is 139 Å². The van der Waals surface area contributed by atoms with Crippen molar-refractivity contribution in [3.05, 3.63) is 70.5 Å². The molecule has 0 bridgehead atoms. The number of hydrogen-bond donors (Lipinski definition) is 2. The van der Waals surface area contributed by atoms with Crippen LogP contribution in [0.4, 0.5) is 4.39 Å². The van der Waals surface area contributed by atoms with Gasteiger partial charge in [0.15, 0.2) is 0 Å². The van der Waals surface area contributed by atoms with E-state index in [2.05, 4.69) is 5.32 Å². The highest BCUT2D eigenvalue weighted by atomic mass is 19.1. The molecule has 3 rings (SSSR count). The second-order valence-corrected chi connectivity index (χ2v) is 5.93. The summed E-state index contributed by atoms with van der Waals surface area (Å²) in [6, 6.07) is 11.4. The van der Waals surface area contributed by atoms with Gasteiger partial charge in [0.2, 0.25) is 5.91 Å². The molecule has 1 amide bonds. The first-order valence-electron chi connectivity index (χ1n) is 7.94. The summed E-state index contributed by atoms with van der Waals surface area (Å²) >= 11 is 0. The minimum absolute atomic E-state index is 0.155. The summed E-state index contributed by atoms with van der Waals surface area (Å²) < 4.78 is 13.7. The van der Waals surface area contributed by atoms with E-state index in [-0.39, 0.29) is 29.8 Å². The molecule has 124 valence electrons. The Morgan fingerprint density at radius 3 is 2.75 bits per heavy atom. The van der Waals surface area contributed by atoms with Crippen LogP contribution in [0.25, 0.3) is 0 Å². The van der Waals surface area contributed by atoms with Crippen LogP contribution in [-0.2, 0) is 17.6 Å². The molecule has 0 radical (unpaired) electrons. The molecule has 2 aromatic carbocycles. The van der Waals surface area contributed by atoms with Crippen molar-refractivity contribution >= 4 is 11.9 Å². The molecule has 1 aliphatic rings. The summed E-state index contributed by atoms with van der Waals surface area (Å²) in [7, 11) is 0. The summed E-state index contributed by atoms with van der Waals surface area (Å²) in [6.07, 6.45) is 1.87. The van der Waals surface area contributed by atoms with Crippen LogP contribution >= 0.6 is 0 Å². The lowest BCUT2D eigenvalue weighted by atomic mass is 10.0. The highest BCUT2D eigenvalue weighted by Gasteiger charge is 2.26. The molecular formula is C19H18FNO3. The van der Waals surface area contributed by atoms with Crippen molar-refractivity contribution in [1.82, 2.24) is 5.32 Å². The Morgan fingerprint density at radius 2 is 1.96 bits per heavy atom. The molecule has 0 saturated heterocycles. The number of halogens is 1. The number of benzene rings is 2. The number of carbonyl (C=O) groups is 2. The summed E-state index contributed by atoms with van der Waals surface area (Å²) in [4.78, 5) is 23.4. The maximum absolute atomic E-state index is 13.7. The summed E-state index contributed by atoms with van der Waals surface area (Å²) in [6.45, 7) is 0. The first kappa shape index (κ1) is 16.2. The number of aromatic carboxylic acids is 1. The van der Waals surface area contributed by atoms with E-state index in [4.69, 9.17) is 5.11 Å². The van der Waals surface area contributed by atoms with Crippen LogP contribution in [0.15, 0.2) is 42.5 Å². The van der Waals surface area contributed by atoms with Crippen molar-refractivity contribution in [1.29, 1.82) is 0 Å². The Bertz CT molecular complexity index is 788. The molecular weight excluding hydrogens is 309 g/mol. The van der Waals surface area contributed by atoms with Crippen molar-refractivity contribution in [2.45, 2.75) is 31.7 Å². The smallest absolute Gasteiger partial charge is 0.335 e. The fourth-order valence-corrected chi connectivity index (χ4v) is 3.22. The van der Waals surface area contributed by atoms with Crippen molar-refractivity contribution in [2.75, 3.05) is 0 Å². The maximum atomic E-state index is 13.7. The first-order chi connectivity index (χ1) is 11.6. The average molecular weight is 327 g/mol. The van der Waals surface area contributed by atoms with Crippen molar-refractivity contribution in [3.63, 3.8) is 0 Å². The quantitative estimate of drug-likeness (QED) is 0.886. The number of fused-ring (bicyclic) bond motifs is 1. The van der Waals surface area contributed by atoms with Crippen LogP contribution in [0.3, 0.4) is 0 Å². The van der Waals surface area contributed by atoms with Gasteiger partial charge in [-0.25, -0.2) is 9.18 Å². The van der Waals surface area contributed by atoms with Gasteiger partial charge in [0.1, 0.15) is 5.82 Å². The fourth-order valence-electron chi connectivity index (χ4n) is 3.22. The molecule has 1 unspecified atom stereocenters. The SMILES string of the molecule is O=C(CCc1ccccc1C(=O)O)NC1CCc2c(F)cccc21. The predicted molar refractivity (Wildman–Crippen MR) is 87.3 cm³/mol. The number of carboxylic acid groups (broad SMARTS) is 1. The topological polar surface area (TPSA) is 66.4 Å². The monoisotopic (exact) mass is 327 g/mol. The predicted octanol–water partition coefficient (Wildman–Crippen LogP) is 3.26. The van der Waals surface area contributed by atoms with Gasteiger partial charge in [-0.05, 0) is 48.1 Å². The third kappa shape index (κ3) is 3.30. The summed E-state index contributed by atoms with van der Waals surface area (Å²) in [5.74, 6) is -1.37. The molecule has 0 saturated carbocycles. The molecule has 5 heteroatoms. The number of amides is 1. The van der Waals surface area contributed by atoms with Gasteiger partial charge in [-0.1, -0.05) is 30.3 Å². The largest absolute Gasteiger partial charge is 0.478 e. The molecule has 2 N–H and O–H groups in total. The second-order valence-electron chi connectivity index (χ2n) is 5.93. The molecule has 1 aliphatic carbocycles. The standard InChI is InChI=1S/C19H18FNO3/c20-16-7-3-6-15-14(16)9-10-17(15)21-18(22)11-8-12-4-1-2-5-13(12)19(23)24/h1-7,17H,8-11H2,(H,21,22)(H,23,24). The lowest BCUT2D eigenvalue weighted by molar-refractivity contribution is -0.121. The number of carbonyl (C=O) groups excluding carboxylic acids is 1. The zero-order valence-electron chi connectivity index (χ0n) is 13.1. The van der Waals surface area contributed by atoms with Crippen LogP contribution in [-0.4, -0.2) is 17.0 Å². The molecule has 0 heterocycles. The van der Waals surface area contributed by atoms with Crippen LogP contribution < -0.4 is 5.32 Å². The van der Waals surface area contributed by atoms with E-state index in [0.717, 1.165) is 5.56 Å². The number of hydrogen-bond acceptors (Lipinski definition) is 2. The third-order valence-electron chi connectivity index (χ3n) is 4.42. The van der Waals surface area contributed by atoms with Gasteiger partial charge in [0, 0.05) is 6.42 Å². The van der Waals surface area contributed by atoms with E-state index in [1.807, 2.05) is 6.07 Å². The number of carboxylic acids is 1. The van der Waals surface area contributed by atoms with Crippen LogP contribution in [0, 0.1) is 5.82 Å². The van der Waals surface area contributed by atoms with E-state index in [1.165, 1.54) is 12.1 Å². The van der Waals surface area contributed by atoms with Crippen LogP contribution in [0.5, 0.6) is 0 Å². The molecule has 1 atom stereocenters. The van der Waals surface area contributed by atoms with E-state index >= 15 is 0 Å². The lowest BCUT2D eigenvalue weighted by Gasteiger charge is -2.14. The zero-order chi connectivity index (χ0) is 17.1. The average Bonchev–Trinajstić information content (AvgIpc) is 2.97. The number of aryl methyl sites for hydroxylation is 1. The normalized spacial score (nSPS) is 15.8. The van der Waals surface area contributed by atoms with Gasteiger partial charge in [-0.15, -0.1) is 0 Å². The Hall–Kier alpha value is -2.69. The highest BCUT2D eigenvalue weighted by Crippen LogP contribution is 2.32. The number of rotatable bonds is 5. The van der Waals surface area contributed by atoms with Crippen LogP contribution in [0.2, 0.25) is 0 Å². The van der Waals surface area contributed by atoms with Crippen molar-refractivity contribution < 1.29 is 19.1 Å². The summed E-state index contributed by atoms with van der Waals surface area (Å²) in [5, 5.41) is 12.1. The molecule has 24 heavy (non-hydrogen) atoms. The maximum Gasteiger partial charge on any atom is 0.335 e. The zero-order valence-corrected chi connectivity index (χ0v) is 13.1. The third-order valence-corrected chi connectivity index (χ3v) is 4.42. The van der Waals surface area contributed by atoms with Gasteiger partial charge in [0.25, 0.3) is 0 Å². The molecule has 0 fully saturated rings. The molecule has 0 aliphatic heterocycles. The highest BCUT2D eigenvalue weighted by molar-refractivity contribution is 5.89. The minimum Gasteiger partial charge on any atom is -0.478 e. The minimum atomic E-state index is -0.994. The number of nitrogens with one attached hydrogen (secondary N) is 1. The van der Waals surface area contributed by atoms with Gasteiger partial charge < -0.3 is 10.4 Å². The van der Waals surface area contributed by atoms with Gasteiger partial charge in [0.05, 0.1) is 11.6 Å². The first-order valence-corrected chi connectivity index (χ1v) is 7.94. The fraction of sp³-hybridized carbons (Fsp3) is 0.263. The second kappa shape index (κ2) is 6.83. The van der Waals surface area contributed by atoms with Gasteiger partial charge in [-0.2, -0.15) is 0 Å². The van der Waals surface area contributed by atoms with E-state index < -0.39 is 5.97 Å². The van der Waals surface area contributed by atoms with Crippen molar-refractivity contribution in [2.24, 2.45) is 0 Å². The molecule has 4 nitrogen and oxygen atoms in total. The molecule has 0 aromatic heterocycles. The van der Waals surface area contributed by atoms with Crippen molar-refractivity contribution in [3.8, 4) is 0 Å². The van der Waals surface area contributed by atoms with E-state index in [9.17, 15) is 14.0 Å². The van der Waals surface area contributed by atoms with Crippen LogP contribution in [0.1, 0.15) is 45.9 Å².